The molecule has 322 valence electrons. The van der Waals surface area contributed by atoms with Crippen LogP contribution in [0, 0.1) is 6.92 Å². The number of fused-ring (bicyclic) bond motifs is 6. The van der Waals surface area contributed by atoms with E-state index in [9.17, 15) is 0 Å². The van der Waals surface area contributed by atoms with Crippen molar-refractivity contribution in [3.05, 3.63) is 186 Å². The lowest BCUT2D eigenvalue weighted by Crippen LogP contribution is -2.41. The van der Waals surface area contributed by atoms with Gasteiger partial charge in [0.25, 0.3) is 0 Å². The van der Waals surface area contributed by atoms with Crippen molar-refractivity contribution in [1.82, 2.24) is 0 Å². The third kappa shape index (κ3) is 7.73. The molecular formula is C61H59BN2O. The Hall–Kier alpha value is -6.78. The summed E-state index contributed by atoms with van der Waals surface area (Å²) in [5, 5.41) is 6.23. The molecule has 0 saturated carbocycles. The zero-order chi connectivity index (χ0) is 45.4. The van der Waals surface area contributed by atoms with Gasteiger partial charge in [-0.25, -0.2) is 0 Å². The van der Waals surface area contributed by atoms with Crippen molar-refractivity contribution in [2.24, 2.45) is 0 Å². The zero-order valence-electron chi connectivity index (χ0n) is 39.7. The van der Waals surface area contributed by atoms with Crippen LogP contribution in [0.15, 0.2) is 168 Å². The first kappa shape index (κ1) is 42.2. The molecule has 0 aliphatic carbocycles. The van der Waals surface area contributed by atoms with Gasteiger partial charge in [-0.15, -0.1) is 0 Å². The molecule has 0 amide bonds. The number of benzene rings is 8. The molecular weight excluding hydrogens is 787 g/mol. The number of rotatable bonds is 6. The quantitative estimate of drug-likeness (QED) is 0.169. The largest absolute Gasteiger partial charge is 0.456 e. The van der Waals surface area contributed by atoms with Crippen LogP contribution in [-0.2, 0) is 16.2 Å². The van der Waals surface area contributed by atoms with Gasteiger partial charge in [0.05, 0.1) is 16.8 Å². The van der Waals surface area contributed by atoms with E-state index in [0.717, 1.165) is 46.3 Å². The van der Waals surface area contributed by atoms with E-state index in [4.69, 9.17) is 4.42 Å². The van der Waals surface area contributed by atoms with Crippen LogP contribution in [-0.4, -0.2) is 7.28 Å². The normalized spacial score (nSPS) is 12.9. The molecule has 0 fully saturated rings. The third-order valence-corrected chi connectivity index (χ3v) is 13.5. The highest BCUT2D eigenvalue weighted by atomic mass is 16.3. The van der Waals surface area contributed by atoms with Gasteiger partial charge in [0, 0.05) is 33.6 Å². The number of anilines is 5. The number of para-hydroxylation sites is 1. The van der Waals surface area contributed by atoms with E-state index in [2.05, 4.69) is 243 Å². The van der Waals surface area contributed by atoms with Crippen molar-refractivity contribution < 1.29 is 4.42 Å². The second-order valence-corrected chi connectivity index (χ2v) is 21.2. The molecule has 10 rings (SSSR count). The first-order valence-corrected chi connectivity index (χ1v) is 23.2. The van der Waals surface area contributed by atoms with Crippen LogP contribution >= 0.6 is 0 Å². The van der Waals surface area contributed by atoms with Gasteiger partial charge < -0.3 is 14.6 Å². The smallest absolute Gasteiger partial charge is 0.198 e. The monoisotopic (exact) mass is 846 g/mol. The Morgan fingerprint density at radius 2 is 1.12 bits per heavy atom. The van der Waals surface area contributed by atoms with Gasteiger partial charge in [-0.1, -0.05) is 177 Å². The molecule has 3 nitrogen and oxygen atoms in total. The number of hydrogen-bond acceptors (Lipinski definition) is 3. The van der Waals surface area contributed by atoms with E-state index >= 15 is 0 Å². The van der Waals surface area contributed by atoms with E-state index < -0.39 is 0 Å². The minimum absolute atomic E-state index is 0.0466. The first-order chi connectivity index (χ1) is 31.0. The standard InChI is InChI=1S/C61H59BN2O/c1-38-18-14-15-21-45(38)40-34-49(46-30-26-43(61(8,9)10)37-51(46)63-44-28-24-41(25-29-44)59(2,3)4)57-53(35-40)64(52-32-27-42(60(5,6)7)36-48(52)39-19-12-11-13-20-39)58-50(62-57)31-33-55-56(58)47-22-16-17-23-54(47)65-55/h11-37,62-63H,1-10H3. The molecule has 0 spiro atoms. The molecule has 2 heterocycles. The number of aryl methyl sites for hydroxylation is 1. The topological polar surface area (TPSA) is 28.4 Å². The number of nitrogens with zero attached hydrogens (tertiary/aromatic N) is 1. The van der Waals surface area contributed by atoms with Crippen LogP contribution in [0.1, 0.15) is 84.6 Å². The maximum Gasteiger partial charge on any atom is 0.198 e. The number of furan rings is 1. The van der Waals surface area contributed by atoms with Crippen LogP contribution in [0.3, 0.4) is 0 Å². The minimum Gasteiger partial charge on any atom is -0.456 e. The van der Waals surface area contributed by atoms with Crippen molar-refractivity contribution in [2.75, 3.05) is 10.2 Å². The van der Waals surface area contributed by atoms with Crippen LogP contribution in [0.4, 0.5) is 28.4 Å². The maximum absolute atomic E-state index is 6.67. The molecule has 0 saturated heterocycles. The van der Waals surface area contributed by atoms with Gasteiger partial charge in [-0.05, 0) is 128 Å². The van der Waals surface area contributed by atoms with E-state index in [1.165, 1.54) is 77.9 Å². The summed E-state index contributed by atoms with van der Waals surface area (Å²) < 4.78 is 6.67. The fraction of sp³-hybridized carbons (Fsp3) is 0.213. The molecule has 1 aliphatic heterocycles. The Balaban J connectivity index is 1.31. The van der Waals surface area contributed by atoms with Crippen molar-refractivity contribution in [3.8, 4) is 33.4 Å². The Morgan fingerprint density at radius 3 is 1.85 bits per heavy atom. The highest BCUT2D eigenvalue weighted by molar-refractivity contribution is 6.74. The minimum atomic E-state index is -0.0470. The molecule has 4 heteroatoms. The third-order valence-electron chi connectivity index (χ3n) is 13.5. The summed E-state index contributed by atoms with van der Waals surface area (Å²) in [5.74, 6) is 0. The summed E-state index contributed by atoms with van der Waals surface area (Å²) in [7, 11) is 0.751. The summed E-state index contributed by atoms with van der Waals surface area (Å²) in [6, 6.07) is 60.9. The van der Waals surface area contributed by atoms with Gasteiger partial charge in [0.2, 0.25) is 0 Å². The number of nitrogens with one attached hydrogen (secondary N) is 1. The molecule has 1 aromatic heterocycles. The Kier molecular flexibility index (Phi) is 10.2. The average molecular weight is 847 g/mol. The van der Waals surface area contributed by atoms with Gasteiger partial charge in [-0.3, -0.25) is 0 Å². The van der Waals surface area contributed by atoms with E-state index in [1.54, 1.807) is 0 Å². The molecule has 8 aromatic carbocycles. The fourth-order valence-corrected chi connectivity index (χ4v) is 9.74. The van der Waals surface area contributed by atoms with Crippen molar-refractivity contribution in [3.63, 3.8) is 0 Å². The highest BCUT2D eigenvalue weighted by Crippen LogP contribution is 2.49. The maximum atomic E-state index is 6.67. The van der Waals surface area contributed by atoms with Gasteiger partial charge in [-0.2, -0.15) is 0 Å². The molecule has 0 unspecified atom stereocenters. The van der Waals surface area contributed by atoms with Crippen molar-refractivity contribution in [1.29, 1.82) is 0 Å². The van der Waals surface area contributed by atoms with Crippen LogP contribution in [0.25, 0.3) is 55.3 Å². The van der Waals surface area contributed by atoms with E-state index in [0.29, 0.717) is 0 Å². The van der Waals surface area contributed by atoms with Gasteiger partial charge in [0.15, 0.2) is 7.28 Å². The lowest BCUT2D eigenvalue weighted by molar-refractivity contribution is 0.590. The van der Waals surface area contributed by atoms with Gasteiger partial charge in [0.1, 0.15) is 11.2 Å². The van der Waals surface area contributed by atoms with Crippen LogP contribution in [0.5, 0.6) is 0 Å². The summed E-state index contributed by atoms with van der Waals surface area (Å²) in [6.45, 7) is 22.9. The molecule has 0 bridgehead atoms. The molecule has 1 aliphatic rings. The number of hydrogen-bond donors (Lipinski definition) is 1. The van der Waals surface area contributed by atoms with E-state index in [-0.39, 0.29) is 16.2 Å². The summed E-state index contributed by atoms with van der Waals surface area (Å²) >= 11 is 0. The lowest BCUT2D eigenvalue weighted by Gasteiger charge is -2.37. The van der Waals surface area contributed by atoms with Gasteiger partial charge >= 0.3 is 0 Å². The summed E-state index contributed by atoms with van der Waals surface area (Å²) in [6.07, 6.45) is 0. The Labute approximate surface area is 386 Å². The van der Waals surface area contributed by atoms with Crippen LogP contribution in [0.2, 0.25) is 0 Å². The fourth-order valence-electron chi connectivity index (χ4n) is 9.74. The van der Waals surface area contributed by atoms with Crippen molar-refractivity contribution in [2.45, 2.75) is 85.5 Å². The zero-order valence-corrected chi connectivity index (χ0v) is 39.7. The molecule has 0 atom stereocenters. The highest BCUT2D eigenvalue weighted by Gasteiger charge is 2.34. The molecule has 1 N–H and O–H groups in total. The first-order valence-electron chi connectivity index (χ1n) is 23.2. The average Bonchev–Trinajstić information content (AvgIpc) is 3.67. The molecule has 9 aromatic rings. The Morgan fingerprint density at radius 1 is 0.477 bits per heavy atom. The molecule has 65 heavy (non-hydrogen) atoms. The Bertz CT molecular complexity index is 3260. The second kappa shape index (κ2) is 15.7. The SMILES string of the molecule is Cc1ccccc1-c1cc(-c2ccc(C(C)(C)C)cc2Nc2ccc(C(C)(C)C)cc2)c2c(c1)N(c1ccc(C(C)(C)C)cc1-c1ccccc1)c1c(ccc3oc4ccccc4c13)B2. The molecule has 0 radical (unpaired) electrons. The van der Waals surface area contributed by atoms with Crippen molar-refractivity contribution >= 4 is 68.6 Å². The predicted octanol–water partition coefficient (Wildman–Crippen LogP) is 15.7. The lowest BCUT2D eigenvalue weighted by atomic mass is 9.57. The summed E-state index contributed by atoms with van der Waals surface area (Å²) in [4.78, 5) is 2.58. The predicted molar refractivity (Wildman–Crippen MR) is 282 cm³/mol. The van der Waals surface area contributed by atoms with Crippen LogP contribution < -0.4 is 21.1 Å². The summed E-state index contributed by atoms with van der Waals surface area (Å²) in [5.41, 5.74) is 22.3. The van der Waals surface area contributed by atoms with E-state index in [1.807, 2.05) is 0 Å². The second-order valence-electron chi connectivity index (χ2n) is 21.2.